The molecule has 0 unspecified atom stereocenters. The van der Waals surface area contributed by atoms with Crippen molar-refractivity contribution in [2.45, 2.75) is 19.3 Å². The first-order valence-corrected chi connectivity index (χ1v) is 5.94. The van der Waals surface area contributed by atoms with Crippen LogP contribution in [0.4, 0.5) is 4.79 Å². The summed E-state index contributed by atoms with van der Waals surface area (Å²) in [6.45, 7) is 0.0825. The van der Waals surface area contributed by atoms with Crippen LogP contribution in [-0.2, 0) is 16.0 Å². The topological polar surface area (TPSA) is 113 Å². The van der Waals surface area contributed by atoms with Crippen molar-refractivity contribution in [3.8, 4) is 5.75 Å². The van der Waals surface area contributed by atoms with Crippen LogP contribution in [0, 0.1) is 0 Å². The zero-order valence-electron chi connectivity index (χ0n) is 10.7. The van der Waals surface area contributed by atoms with E-state index in [4.69, 9.17) is 10.2 Å². The van der Waals surface area contributed by atoms with Gasteiger partial charge in [0, 0.05) is 19.4 Å². The third-order valence-electron chi connectivity index (χ3n) is 2.39. The smallest absolute Gasteiger partial charge is 0.449 e. The van der Waals surface area contributed by atoms with Crippen LogP contribution in [0.15, 0.2) is 24.3 Å². The summed E-state index contributed by atoms with van der Waals surface area (Å²) in [5.41, 5.74) is 0.945. The van der Waals surface area contributed by atoms with Gasteiger partial charge in [-0.05, 0) is 24.1 Å². The van der Waals surface area contributed by atoms with E-state index in [9.17, 15) is 14.4 Å². The highest BCUT2D eigenvalue weighted by atomic mass is 16.7. The Morgan fingerprint density at radius 3 is 2.05 bits per heavy atom. The normalized spacial score (nSPS) is 13.2. The number of imide groups is 1. The highest BCUT2D eigenvalue weighted by Crippen LogP contribution is 2.12. The van der Waals surface area contributed by atoms with E-state index in [2.05, 4.69) is 10.1 Å². The van der Waals surface area contributed by atoms with Crippen molar-refractivity contribution in [3.05, 3.63) is 29.8 Å². The van der Waals surface area contributed by atoms with E-state index < -0.39 is 6.16 Å². The third kappa shape index (κ3) is 5.96. The molecule has 0 radical (unpaired) electrons. The number of benzene rings is 1. The first-order chi connectivity index (χ1) is 9.51. The highest BCUT2D eigenvalue weighted by Gasteiger charge is 2.15. The van der Waals surface area contributed by atoms with Crippen LogP contribution in [-0.4, -0.2) is 34.8 Å². The summed E-state index contributed by atoms with van der Waals surface area (Å²) in [5.74, 6) is -0.0100. The van der Waals surface area contributed by atoms with Gasteiger partial charge in [0.2, 0.25) is 11.8 Å². The minimum Gasteiger partial charge on any atom is -0.449 e. The molecule has 20 heavy (non-hydrogen) atoms. The predicted molar refractivity (Wildman–Crippen MR) is 68.3 cm³/mol. The van der Waals surface area contributed by atoms with Crippen LogP contribution in [0.3, 0.4) is 0 Å². The molecule has 7 heteroatoms. The number of carbonyl (C=O) groups is 3. The Balaban J connectivity index is 0.000000240. The van der Waals surface area contributed by atoms with Gasteiger partial charge in [-0.3, -0.25) is 14.9 Å². The van der Waals surface area contributed by atoms with E-state index in [0.29, 0.717) is 19.3 Å². The molecule has 108 valence electrons. The predicted octanol–water partition coefficient (Wildman–Crippen LogP) is 0.701. The summed E-state index contributed by atoms with van der Waals surface area (Å²) >= 11 is 0. The number of carboxylic acid groups (broad SMARTS) is 1. The lowest BCUT2D eigenvalue weighted by Crippen LogP contribution is -2.18. The number of hydrogen-bond donors (Lipinski definition) is 3. The summed E-state index contributed by atoms with van der Waals surface area (Å²) in [5, 5.41) is 19.0. The van der Waals surface area contributed by atoms with Crippen LogP contribution in [0.25, 0.3) is 0 Å². The SMILES string of the molecule is O=C(O)Oc1ccc(CCO)cc1.O=C1CCC(=O)N1. The van der Waals surface area contributed by atoms with Gasteiger partial charge in [-0.25, -0.2) is 4.79 Å². The number of nitrogens with one attached hydrogen (secondary N) is 1. The van der Waals surface area contributed by atoms with Crippen molar-refractivity contribution in [2.24, 2.45) is 0 Å². The summed E-state index contributed by atoms with van der Waals surface area (Å²) in [6, 6.07) is 6.54. The first kappa shape index (κ1) is 15.6. The van der Waals surface area contributed by atoms with Gasteiger partial charge < -0.3 is 14.9 Å². The van der Waals surface area contributed by atoms with Crippen molar-refractivity contribution in [1.82, 2.24) is 5.32 Å². The molecular weight excluding hydrogens is 266 g/mol. The average molecular weight is 281 g/mol. The molecule has 2 rings (SSSR count). The number of aliphatic hydroxyl groups excluding tert-OH is 1. The fourth-order valence-corrected chi connectivity index (χ4v) is 1.46. The molecule has 1 aliphatic heterocycles. The minimum absolute atomic E-state index is 0.0825. The molecule has 2 amide bonds. The second-order valence-corrected chi connectivity index (χ2v) is 3.96. The molecule has 0 bridgehead atoms. The molecule has 3 N–H and O–H groups in total. The summed E-state index contributed by atoms with van der Waals surface area (Å²) in [4.78, 5) is 30.4. The summed E-state index contributed by atoms with van der Waals surface area (Å²) in [6.07, 6.45) is -0.0136. The molecule has 1 aromatic rings. The number of rotatable bonds is 3. The van der Waals surface area contributed by atoms with Gasteiger partial charge in [-0.2, -0.15) is 0 Å². The van der Waals surface area contributed by atoms with Crippen molar-refractivity contribution in [1.29, 1.82) is 0 Å². The molecule has 0 aliphatic carbocycles. The van der Waals surface area contributed by atoms with Gasteiger partial charge in [0.15, 0.2) is 0 Å². The number of ether oxygens (including phenoxy) is 1. The maximum atomic E-state index is 10.1. The summed E-state index contributed by atoms with van der Waals surface area (Å²) < 4.78 is 4.40. The molecule has 0 saturated carbocycles. The van der Waals surface area contributed by atoms with E-state index >= 15 is 0 Å². The van der Waals surface area contributed by atoms with E-state index in [-0.39, 0.29) is 24.2 Å². The standard InChI is InChI=1S/C9H10O4.C4H5NO2/c10-6-5-7-1-3-8(4-2-7)13-9(11)12;6-3-1-2-4(7)5-3/h1-4,10H,5-6H2,(H,11,12);1-2H2,(H,5,6,7). The lowest BCUT2D eigenvalue weighted by molar-refractivity contribution is -0.124. The molecule has 1 fully saturated rings. The molecule has 0 spiro atoms. The van der Waals surface area contributed by atoms with Gasteiger partial charge in [0.25, 0.3) is 0 Å². The number of carbonyl (C=O) groups excluding carboxylic acids is 2. The third-order valence-corrected chi connectivity index (χ3v) is 2.39. The molecule has 7 nitrogen and oxygen atoms in total. The average Bonchev–Trinajstić information content (AvgIpc) is 2.76. The summed E-state index contributed by atoms with van der Waals surface area (Å²) in [7, 11) is 0. The Morgan fingerprint density at radius 2 is 1.70 bits per heavy atom. The van der Waals surface area contributed by atoms with Gasteiger partial charge in [0.05, 0.1) is 0 Å². The molecule has 1 heterocycles. The molecule has 1 aliphatic rings. The largest absolute Gasteiger partial charge is 0.511 e. The fourth-order valence-electron chi connectivity index (χ4n) is 1.46. The molecule has 1 saturated heterocycles. The van der Waals surface area contributed by atoms with Crippen LogP contribution >= 0.6 is 0 Å². The molecule has 0 aromatic heterocycles. The van der Waals surface area contributed by atoms with Gasteiger partial charge >= 0.3 is 6.16 Å². The lowest BCUT2D eigenvalue weighted by Gasteiger charge is -2.00. The Kier molecular flexibility index (Phi) is 6.18. The first-order valence-electron chi connectivity index (χ1n) is 5.94. The van der Waals surface area contributed by atoms with Crippen molar-refractivity contribution in [2.75, 3.05) is 6.61 Å². The fraction of sp³-hybridized carbons (Fsp3) is 0.308. The lowest BCUT2D eigenvalue weighted by atomic mass is 10.1. The minimum atomic E-state index is -1.32. The van der Waals surface area contributed by atoms with Crippen molar-refractivity contribution < 1.29 is 29.3 Å². The van der Waals surface area contributed by atoms with Crippen LogP contribution < -0.4 is 10.1 Å². The zero-order chi connectivity index (χ0) is 15.0. The van der Waals surface area contributed by atoms with E-state index in [1.807, 2.05) is 0 Å². The van der Waals surface area contributed by atoms with Gasteiger partial charge in [-0.1, -0.05) is 12.1 Å². The van der Waals surface area contributed by atoms with Gasteiger partial charge in [-0.15, -0.1) is 0 Å². The van der Waals surface area contributed by atoms with Crippen molar-refractivity contribution in [3.63, 3.8) is 0 Å². The highest BCUT2D eigenvalue weighted by molar-refractivity contribution is 6.01. The quantitative estimate of drug-likeness (QED) is 0.427. The van der Waals surface area contributed by atoms with Crippen LogP contribution in [0.2, 0.25) is 0 Å². The van der Waals surface area contributed by atoms with Crippen LogP contribution in [0.1, 0.15) is 18.4 Å². The monoisotopic (exact) mass is 281 g/mol. The Bertz CT molecular complexity index is 468. The number of hydrogen-bond acceptors (Lipinski definition) is 5. The second kappa shape index (κ2) is 7.90. The van der Waals surface area contributed by atoms with E-state index in [1.165, 1.54) is 0 Å². The molecular formula is C13H15NO6. The van der Waals surface area contributed by atoms with E-state index in [1.54, 1.807) is 24.3 Å². The van der Waals surface area contributed by atoms with Crippen molar-refractivity contribution >= 4 is 18.0 Å². The van der Waals surface area contributed by atoms with Crippen LogP contribution in [0.5, 0.6) is 5.75 Å². The maximum Gasteiger partial charge on any atom is 0.511 e. The Morgan fingerprint density at radius 1 is 1.15 bits per heavy atom. The molecule has 1 aromatic carbocycles. The van der Waals surface area contributed by atoms with Gasteiger partial charge in [0.1, 0.15) is 5.75 Å². The zero-order valence-corrected chi connectivity index (χ0v) is 10.7. The molecule has 0 atom stereocenters. The number of amides is 2. The Labute approximate surface area is 115 Å². The van der Waals surface area contributed by atoms with E-state index in [0.717, 1.165) is 5.56 Å². The Hall–Kier alpha value is -2.41. The second-order valence-electron chi connectivity index (χ2n) is 3.96. The maximum absolute atomic E-state index is 10.1. The number of aliphatic hydroxyl groups is 1.